The molecule has 36 heavy (non-hydrogen) atoms. The zero-order valence-electron chi connectivity index (χ0n) is 23.6. The summed E-state index contributed by atoms with van der Waals surface area (Å²) in [5.41, 5.74) is 17.0. The van der Waals surface area contributed by atoms with Crippen molar-refractivity contribution in [3.63, 3.8) is 0 Å². The van der Waals surface area contributed by atoms with E-state index in [4.69, 9.17) is 0 Å². The van der Waals surface area contributed by atoms with E-state index >= 15 is 0 Å². The number of rotatable bonds is 3. The number of hydrogen-bond acceptors (Lipinski definition) is 1. The standard InChI is InChI=1S/C35H41N/c1-21-24(4)35(8,9)29-19-26-15-17-30(22(2)32(26)23(3)33(21)29)36-31-18-16-27(34(5,6)7)20-28(31)25-13-11-10-12-14-25/h10-14,16-20,22,36H,15H2,1-9H3. The van der Waals surface area contributed by atoms with Gasteiger partial charge in [0.2, 0.25) is 0 Å². The highest BCUT2D eigenvalue weighted by molar-refractivity contribution is 5.83. The lowest BCUT2D eigenvalue weighted by atomic mass is 9.76. The lowest BCUT2D eigenvalue weighted by Crippen LogP contribution is -2.20. The Morgan fingerprint density at radius 1 is 0.917 bits per heavy atom. The van der Waals surface area contributed by atoms with Gasteiger partial charge in [-0.1, -0.05) is 95.7 Å². The van der Waals surface area contributed by atoms with Crippen molar-refractivity contribution in [2.24, 2.45) is 0 Å². The Balaban J connectivity index is 1.56. The molecule has 0 spiro atoms. The van der Waals surface area contributed by atoms with Crippen molar-refractivity contribution in [2.45, 2.75) is 85.5 Å². The van der Waals surface area contributed by atoms with Gasteiger partial charge < -0.3 is 5.32 Å². The molecule has 3 aromatic rings. The maximum absolute atomic E-state index is 3.90. The van der Waals surface area contributed by atoms with E-state index in [9.17, 15) is 0 Å². The van der Waals surface area contributed by atoms with Crippen molar-refractivity contribution in [3.8, 4) is 11.1 Å². The van der Waals surface area contributed by atoms with Crippen LogP contribution >= 0.6 is 0 Å². The molecule has 2 aliphatic carbocycles. The van der Waals surface area contributed by atoms with Gasteiger partial charge >= 0.3 is 0 Å². The fraction of sp³-hybridized carbons (Fsp3) is 0.371. The SMILES string of the molecule is CC1=C(C)C(C)(C)c2cc3c(c(C)c21)C(C)C(Nc1ccc(C(C)(C)C)cc1-c1ccccc1)=CC3. The Morgan fingerprint density at radius 3 is 2.28 bits per heavy atom. The molecule has 0 fully saturated rings. The molecule has 2 aliphatic rings. The third-order valence-corrected chi connectivity index (χ3v) is 8.95. The van der Waals surface area contributed by atoms with Crippen molar-refractivity contribution >= 4 is 11.3 Å². The first-order valence-electron chi connectivity index (χ1n) is 13.4. The molecule has 0 saturated carbocycles. The summed E-state index contributed by atoms with van der Waals surface area (Å²) in [6, 6.07) is 20.2. The number of benzene rings is 3. The molecule has 0 heterocycles. The minimum absolute atomic E-state index is 0.104. The summed E-state index contributed by atoms with van der Waals surface area (Å²) in [6.45, 7) is 21.0. The summed E-state index contributed by atoms with van der Waals surface area (Å²) < 4.78 is 0. The van der Waals surface area contributed by atoms with Crippen LogP contribution in [-0.4, -0.2) is 0 Å². The maximum atomic E-state index is 3.90. The molecule has 1 nitrogen and oxygen atoms in total. The van der Waals surface area contributed by atoms with E-state index < -0.39 is 0 Å². The number of fused-ring (bicyclic) bond motifs is 2. The lowest BCUT2D eigenvalue weighted by molar-refractivity contribution is 0.590. The zero-order valence-corrected chi connectivity index (χ0v) is 23.6. The van der Waals surface area contributed by atoms with E-state index in [0.29, 0.717) is 5.92 Å². The highest BCUT2D eigenvalue weighted by atomic mass is 14.9. The largest absolute Gasteiger partial charge is 0.358 e. The first kappa shape index (κ1) is 24.6. The smallest absolute Gasteiger partial charge is 0.0461 e. The summed E-state index contributed by atoms with van der Waals surface area (Å²) in [7, 11) is 0. The van der Waals surface area contributed by atoms with Gasteiger partial charge in [0.15, 0.2) is 0 Å². The second-order valence-corrected chi connectivity index (χ2v) is 12.5. The highest BCUT2D eigenvalue weighted by Gasteiger charge is 2.37. The van der Waals surface area contributed by atoms with Crippen molar-refractivity contribution < 1.29 is 0 Å². The van der Waals surface area contributed by atoms with Crippen LogP contribution in [0.4, 0.5) is 5.69 Å². The van der Waals surface area contributed by atoms with E-state index in [1.165, 1.54) is 67.0 Å². The van der Waals surface area contributed by atoms with Crippen molar-refractivity contribution in [1.29, 1.82) is 0 Å². The maximum Gasteiger partial charge on any atom is 0.0461 e. The minimum Gasteiger partial charge on any atom is -0.358 e. The third kappa shape index (κ3) is 3.84. The summed E-state index contributed by atoms with van der Waals surface area (Å²) in [5.74, 6) is 0.321. The zero-order chi connectivity index (χ0) is 26.0. The molecule has 5 rings (SSSR count). The highest BCUT2D eigenvalue weighted by Crippen LogP contribution is 2.50. The first-order valence-corrected chi connectivity index (χ1v) is 13.4. The van der Waals surface area contributed by atoms with Crippen LogP contribution in [0.15, 0.2) is 71.9 Å². The normalized spacial score (nSPS) is 18.6. The van der Waals surface area contributed by atoms with Crippen LogP contribution in [0.5, 0.6) is 0 Å². The molecule has 0 aliphatic heterocycles. The van der Waals surface area contributed by atoms with Crippen molar-refractivity contribution in [1.82, 2.24) is 0 Å². The number of allylic oxidation sites excluding steroid dienone is 4. The summed E-state index contributed by atoms with van der Waals surface area (Å²) in [6.07, 6.45) is 3.39. The van der Waals surface area contributed by atoms with Gasteiger partial charge in [0, 0.05) is 28.3 Å². The minimum atomic E-state index is 0.104. The van der Waals surface area contributed by atoms with E-state index in [1.807, 2.05) is 0 Å². The van der Waals surface area contributed by atoms with E-state index in [0.717, 1.165) is 6.42 Å². The number of hydrogen-bond donors (Lipinski definition) is 1. The molecular weight excluding hydrogens is 434 g/mol. The van der Waals surface area contributed by atoms with Crippen molar-refractivity contribution in [2.75, 3.05) is 5.32 Å². The molecule has 1 atom stereocenters. The molecule has 1 unspecified atom stereocenters. The molecule has 0 radical (unpaired) electrons. The van der Waals surface area contributed by atoms with Gasteiger partial charge in [-0.05, 0) is 89.3 Å². The molecule has 0 amide bonds. The van der Waals surface area contributed by atoms with E-state index in [1.54, 1.807) is 0 Å². The van der Waals surface area contributed by atoms with Crippen LogP contribution in [-0.2, 0) is 17.3 Å². The molecule has 3 aromatic carbocycles. The van der Waals surface area contributed by atoms with Gasteiger partial charge in [0.05, 0.1) is 0 Å². The quantitative estimate of drug-likeness (QED) is 0.397. The predicted octanol–water partition coefficient (Wildman–Crippen LogP) is 9.70. The van der Waals surface area contributed by atoms with E-state index in [2.05, 4.69) is 128 Å². The second-order valence-electron chi connectivity index (χ2n) is 12.5. The topological polar surface area (TPSA) is 12.0 Å². The van der Waals surface area contributed by atoms with E-state index in [-0.39, 0.29) is 10.8 Å². The molecule has 0 bridgehead atoms. The Bertz CT molecular complexity index is 1410. The summed E-state index contributed by atoms with van der Waals surface area (Å²) in [4.78, 5) is 0. The van der Waals surface area contributed by atoms with Crippen LogP contribution < -0.4 is 5.32 Å². The average Bonchev–Trinajstić information content (AvgIpc) is 3.01. The molecule has 0 saturated heterocycles. The number of nitrogens with one attached hydrogen (secondary N) is 1. The molecular formula is C35H41N. The number of anilines is 1. The van der Waals surface area contributed by atoms with Gasteiger partial charge in [-0.25, -0.2) is 0 Å². The van der Waals surface area contributed by atoms with Crippen LogP contribution in [0.3, 0.4) is 0 Å². The van der Waals surface area contributed by atoms with Crippen LogP contribution in [0.2, 0.25) is 0 Å². The molecule has 0 aromatic heterocycles. The Kier molecular flexibility index (Phi) is 5.82. The Labute approximate surface area is 218 Å². The Hall–Kier alpha value is -3.06. The van der Waals surface area contributed by atoms with Crippen LogP contribution in [0, 0.1) is 6.92 Å². The van der Waals surface area contributed by atoms with Gasteiger partial charge in [0.25, 0.3) is 0 Å². The average molecular weight is 476 g/mol. The van der Waals surface area contributed by atoms with Gasteiger partial charge in [-0.2, -0.15) is 0 Å². The van der Waals surface area contributed by atoms with Crippen molar-refractivity contribution in [3.05, 3.63) is 105 Å². The summed E-state index contributed by atoms with van der Waals surface area (Å²) in [5, 5.41) is 3.90. The third-order valence-electron chi connectivity index (χ3n) is 8.95. The fourth-order valence-electron chi connectivity index (χ4n) is 6.35. The van der Waals surface area contributed by atoms with Gasteiger partial charge in [0.1, 0.15) is 0 Å². The fourth-order valence-corrected chi connectivity index (χ4v) is 6.35. The van der Waals surface area contributed by atoms with Crippen LogP contribution in [0.1, 0.15) is 94.7 Å². The first-order chi connectivity index (χ1) is 16.9. The molecule has 1 heteroatoms. The lowest BCUT2D eigenvalue weighted by Gasteiger charge is -2.31. The second kappa shape index (κ2) is 8.51. The summed E-state index contributed by atoms with van der Waals surface area (Å²) >= 11 is 0. The Morgan fingerprint density at radius 2 is 1.61 bits per heavy atom. The monoisotopic (exact) mass is 475 g/mol. The molecule has 1 N–H and O–H groups in total. The van der Waals surface area contributed by atoms with Gasteiger partial charge in [-0.15, -0.1) is 0 Å². The van der Waals surface area contributed by atoms with Crippen LogP contribution in [0.25, 0.3) is 16.7 Å². The van der Waals surface area contributed by atoms with Gasteiger partial charge in [-0.3, -0.25) is 0 Å². The predicted molar refractivity (Wildman–Crippen MR) is 157 cm³/mol. The molecule has 186 valence electrons.